The topological polar surface area (TPSA) is 143 Å². The second-order valence-electron chi connectivity index (χ2n) is 8.62. The molecule has 0 spiro atoms. The molecule has 2 rings (SSSR count). The predicted octanol–water partition coefficient (Wildman–Crippen LogP) is 2.04. The maximum absolute atomic E-state index is 12.3. The van der Waals surface area contributed by atoms with Crippen LogP contribution in [0.15, 0.2) is 18.2 Å². The third-order valence-electron chi connectivity index (χ3n) is 4.80. The summed E-state index contributed by atoms with van der Waals surface area (Å²) >= 11 is 0. The second kappa shape index (κ2) is 12.4. The van der Waals surface area contributed by atoms with E-state index in [1.807, 2.05) is 26.0 Å². The van der Waals surface area contributed by atoms with E-state index in [9.17, 15) is 19.5 Å². The van der Waals surface area contributed by atoms with E-state index in [1.54, 1.807) is 19.9 Å². The maximum Gasteiger partial charge on any atom is 0.308 e. The van der Waals surface area contributed by atoms with Crippen LogP contribution < -0.4 is 15.4 Å². The lowest BCUT2D eigenvalue weighted by Gasteiger charge is -2.33. The Kier molecular flexibility index (Phi) is 9.93. The highest BCUT2D eigenvalue weighted by atomic mass is 16.7. The Morgan fingerprint density at radius 1 is 1.18 bits per heavy atom. The largest absolute Gasteiger partial charge is 0.481 e. The van der Waals surface area contributed by atoms with Gasteiger partial charge in [-0.25, -0.2) is 0 Å². The van der Waals surface area contributed by atoms with Crippen molar-refractivity contribution in [2.24, 2.45) is 5.92 Å². The first-order chi connectivity index (χ1) is 15.5. The van der Waals surface area contributed by atoms with Gasteiger partial charge in [0.15, 0.2) is 0 Å². The highest BCUT2D eigenvalue weighted by Gasteiger charge is 2.34. The summed E-state index contributed by atoms with van der Waals surface area (Å²) in [7, 11) is 0. The van der Waals surface area contributed by atoms with E-state index >= 15 is 0 Å². The van der Waals surface area contributed by atoms with Crippen molar-refractivity contribution in [1.29, 1.82) is 0 Å². The molecule has 0 aliphatic carbocycles. The Hall–Kier alpha value is -2.85. The van der Waals surface area contributed by atoms with Gasteiger partial charge in [-0.3, -0.25) is 14.4 Å². The molecule has 33 heavy (non-hydrogen) atoms. The number of aliphatic hydroxyl groups excluding tert-OH is 1. The molecule has 1 aliphatic heterocycles. The number of carboxylic acid groups (broad SMARTS) is 1. The summed E-state index contributed by atoms with van der Waals surface area (Å²) in [5, 5.41) is 24.7. The summed E-state index contributed by atoms with van der Waals surface area (Å²) in [6.45, 7) is 7.51. The van der Waals surface area contributed by atoms with E-state index in [4.69, 9.17) is 19.3 Å². The molecule has 1 amide bonds. The van der Waals surface area contributed by atoms with Gasteiger partial charge < -0.3 is 35.1 Å². The summed E-state index contributed by atoms with van der Waals surface area (Å²) in [5.41, 5.74) is 1.41. The Morgan fingerprint density at radius 3 is 2.55 bits per heavy atom. The van der Waals surface area contributed by atoms with Crippen LogP contribution in [0.1, 0.15) is 52.5 Å². The van der Waals surface area contributed by atoms with E-state index in [0.29, 0.717) is 17.0 Å². The SMILES string of the molecule is CC(C)Nc1ccc(COC(=O)C(C)C)cc1OC1CC(O)CC(C(=O)NCCC(=O)O)O1. The molecule has 0 bridgehead atoms. The van der Waals surface area contributed by atoms with Crippen LogP contribution in [0.4, 0.5) is 5.69 Å². The van der Waals surface area contributed by atoms with Crippen molar-refractivity contribution in [3.63, 3.8) is 0 Å². The van der Waals surface area contributed by atoms with E-state index < -0.39 is 30.4 Å². The number of carboxylic acids is 1. The Morgan fingerprint density at radius 2 is 1.91 bits per heavy atom. The van der Waals surface area contributed by atoms with Gasteiger partial charge in [0, 0.05) is 25.4 Å². The first kappa shape index (κ1) is 26.4. The van der Waals surface area contributed by atoms with Gasteiger partial charge >= 0.3 is 11.9 Å². The fraction of sp³-hybridized carbons (Fsp3) is 0.609. The maximum atomic E-state index is 12.3. The number of anilines is 1. The molecule has 0 aromatic heterocycles. The summed E-state index contributed by atoms with van der Waals surface area (Å²) < 4.78 is 17.1. The smallest absolute Gasteiger partial charge is 0.308 e. The third kappa shape index (κ3) is 8.89. The number of aliphatic carboxylic acids is 1. The van der Waals surface area contributed by atoms with Gasteiger partial charge in [0.25, 0.3) is 0 Å². The lowest BCUT2D eigenvalue weighted by atomic mass is 10.0. The van der Waals surface area contributed by atoms with Crippen LogP contribution in [0, 0.1) is 5.92 Å². The number of hydrogen-bond donors (Lipinski definition) is 4. The molecular weight excluding hydrogens is 432 g/mol. The van der Waals surface area contributed by atoms with Gasteiger partial charge in [0.1, 0.15) is 18.5 Å². The molecule has 4 N–H and O–H groups in total. The minimum Gasteiger partial charge on any atom is -0.481 e. The highest BCUT2D eigenvalue weighted by molar-refractivity contribution is 5.81. The number of carbonyl (C=O) groups is 3. The molecule has 10 heteroatoms. The average molecular weight is 467 g/mol. The zero-order valence-electron chi connectivity index (χ0n) is 19.5. The van der Waals surface area contributed by atoms with E-state index in [2.05, 4.69) is 10.6 Å². The normalized spacial score (nSPS) is 20.4. The van der Waals surface area contributed by atoms with Crippen molar-refractivity contribution >= 4 is 23.5 Å². The summed E-state index contributed by atoms with van der Waals surface area (Å²) in [6, 6.07) is 5.47. The van der Waals surface area contributed by atoms with Gasteiger partial charge in [-0.1, -0.05) is 19.9 Å². The van der Waals surface area contributed by atoms with Crippen molar-refractivity contribution in [3.8, 4) is 5.75 Å². The van der Waals surface area contributed by atoms with Crippen LogP contribution >= 0.6 is 0 Å². The molecule has 1 fully saturated rings. The number of hydrogen-bond acceptors (Lipinski definition) is 8. The molecule has 0 radical (unpaired) electrons. The van der Waals surface area contributed by atoms with Gasteiger partial charge in [-0.2, -0.15) is 0 Å². The minimum atomic E-state index is -1.02. The van der Waals surface area contributed by atoms with Crippen molar-refractivity contribution in [2.75, 3.05) is 11.9 Å². The Labute approximate surface area is 193 Å². The minimum absolute atomic E-state index is 0.0325. The average Bonchev–Trinajstić information content (AvgIpc) is 2.72. The molecule has 1 saturated heterocycles. The zero-order valence-corrected chi connectivity index (χ0v) is 19.5. The fourth-order valence-electron chi connectivity index (χ4n) is 3.16. The second-order valence-corrected chi connectivity index (χ2v) is 8.62. The Balaban J connectivity index is 2.11. The molecule has 1 heterocycles. The number of aliphatic hydroxyl groups is 1. The molecule has 1 aromatic carbocycles. The number of nitrogens with one attached hydrogen (secondary N) is 2. The summed E-state index contributed by atoms with van der Waals surface area (Å²) in [6.07, 6.45) is -2.66. The Bertz CT molecular complexity index is 827. The monoisotopic (exact) mass is 466 g/mol. The first-order valence-electron chi connectivity index (χ1n) is 11.1. The lowest BCUT2D eigenvalue weighted by molar-refractivity contribution is -0.184. The predicted molar refractivity (Wildman–Crippen MR) is 120 cm³/mol. The molecule has 1 aliphatic rings. The molecule has 0 saturated carbocycles. The molecule has 10 nitrogen and oxygen atoms in total. The molecule has 184 valence electrons. The summed E-state index contributed by atoms with van der Waals surface area (Å²) in [5.74, 6) is -1.63. The fourth-order valence-corrected chi connectivity index (χ4v) is 3.16. The third-order valence-corrected chi connectivity index (χ3v) is 4.80. The lowest BCUT2D eigenvalue weighted by Crippen LogP contribution is -2.47. The summed E-state index contributed by atoms with van der Waals surface area (Å²) in [4.78, 5) is 34.8. The van der Waals surface area contributed by atoms with Crippen LogP contribution in [-0.2, 0) is 30.5 Å². The quantitative estimate of drug-likeness (QED) is 0.360. The van der Waals surface area contributed by atoms with E-state index in [0.717, 1.165) is 0 Å². The van der Waals surface area contributed by atoms with E-state index in [-0.39, 0.29) is 50.3 Å². The van der Waals surface area contributed by atoms with E-state index in [1.165, 1.54) is 0 Å². The van der Waals surface area contributed by atoms with Crippen molar-refractivity contribution < 1.29 is 38.8 Å². The number of rotatable bonds is 11. The van der Waals surface area contributed by atoms with Gasteiger partial charge in [-0.05, 0) is 31.5 Å². The molecular formula is C23H34N2O8. The van der Waals surface area contributed by atoms with Crippen LogP contribution in [0.2, 0.25) is 0 Å². The van der Waals surface area contributed by atoms with Gasteiger partial charge in [-0.15, -0.1) is 0 Å². The highest BCUT2D eigenvalue weighted by Crippen LogP contribution is 2.31. The van der Waals surface area contributed by atoms with Crippen molar-refractivity contribution in [1.82, 2.24) is 5.32 Å². The molecule has 3 atom stereocenters. The van der Waals surface area contributed by atoms with Crippen LogP contribution in [0.3, 0.4) is 0 Å². The number of carbonyl (C=O) groups excluding carboxylic acids is 2. The van der Waals surface area contributed by atoms with Crippen molar-refractivity contribution in [3.05, 3.63) is 23.8 Å². The van der Waals surface area contributed by atoms with Crippen LogP contribution in [0.25, 0.3) is 0 Å². The molecule has 3 unspecified atom stereocenters. The van der Waals surface area contributed by atoms with Crippen LogP contribution in [-0.4, -0.2) is 59.1 Å². The molecule has 1 aromatic rings. The zero-order chi connectivity index (χ0) is 24.5. The van der Waals surface area contributed by atoms with Crippen LogP contribution in [0.5, 0.6) is 5.75 Å². The number of amides is 1. The van der Waals surface area contributed by atoms with Gasteiger partial charge in [0.2, 0.25) is 12.2 Å². The number of ether oxygens (including phenoxy) is 3. The van der Waals surface area contributed by atoms with Gasteiger partial charge in [0.05, 0.1) is 24.1 Å². The number of esters is 1. The first-order valence-corrected chi connectivity index (χ1v) is 11.1. The van der Waals surface area contributed by atoms with Crippen molar-refractivity contribution in [2.45, 2.75) is 78.1 Å². The standard InChI is InChI=1S/C23H34N2O8/c1-13(2)23(30)31-12-15-5-6-17(25-14(3)4)18(9-15)32-21-11-16(26)10-19(33-21)22(29)24-8-7-20(27)28/h5-6,9,13-14,16,19,21,25-26H,7-8,10-12H2,1-4H3,(H,24,29)(H,27,28). The number of benzene rings is 1.